The molecule has 3 amide bonds. The van der Waals surface area contributed by atoms with E-state index in [4.69, 9.17) is 5.73 Å². The molecule has 1 unspecified atom stereocenters. The topological polar surface area (TPSA) is 108 Å². The van der Waals surface area contributed by atoms with Gasteiger partial charge < -0.3 is 16.0 Å². The summed E-state index contributed by atoms with van der Waals surface area (Å²) >= 11 is 0. The number of carbonyl (C=O) groups excluding carboxylic acids is 3. The van der Waals surface area contributed by atoms with E-state index in [1.54, 1.807) is 32.8 Å². The van der Waals surface area contributed by atoms with Gasteiger partial charge in [0.05, 0.1) is 11.0 Å². The van der Waals surface area contributed by atoms with E-state index in [1.165, 1.54) is 5.01 Å². The summed E-state index contributed by atoms with van der Waals surface area (Å²) in [5, 5.41) is 4.43. The molecule has 8 heteroatoms. The van der Waals surface area contributed by atoms with Gasteiger partial charge in [-0.25, -0.2) is 5.43 Å². The average Bonchev–Trinajstić information content (AvgIpc) is 3.00. The van der Waals surface area contributed by atoms with Crippen molar-refractivity contribution in [2.75, 3.05) is 27.2 Å². The number of likely N-dealkylation sites (tertiary alicyclic amines) is 1. The molecule has 2 atom stereocenters. The summed E-state index contributed by atoms with van der Waals surface area (Å²) < 4.78 is 0. The Morgan fingerprint density at radius 3 is 2.12 bits per heavy atom. The zero-order valence-electron chi connectivity index (χ0n) is 25.1. The van der Waals surface area contributed by atoms with Gasteiger partial charge >= 0.3 is 0 Å². The van der Waals surface area contributed by atoms with E-state index in [1.807, 2.05) is 72.8 Å². The first-order valence-electron chi connectivity index (χ1n) is 14.5. The number of rotatable bonds is 10. The Morgan fingerprint density at radius 1 is 0.929 bits per heavy atom. The first kappa shape index (κ1) is 30.9. The van der Waals surface area contributed by atoms with Crippen LogP contribution in [0.1, 0.15) is 37.8 Å². The van der Waals surface area contributed by atoms with Crippen LogP contribution in [0.3, 0.4) is 0 Å². The zero-order valence-corrected chi connectivity index (χ0v) is 25.1. The van der Waals surface area contributed by atoms with Crippen LogP contribution in [0, 0.1) is 5.41 Å². The fraction of sp³-hybridized carbons (Fsp3) is 0.382. The van der Waals surface area contributed by atoms with Gasteiger partial charge in [0.1, 0.15) is 6.04 Å². The third-order valence-corrected chi connectivity index (χ3v) is 8.06. The molecule has 1 fully saturated rings. The van der Waals surface area contributed by atoms with Crippen LogP contribution < -0.4 is 16.5 Å². The SMILES string of the molecule is CNN(C)C(=O)C1(Cc2ccccc2)CCCN(C(=O)[C@@H](Cc2ccc(-c3ccccc3)cc2)NC(=O)C(C)(C)N)C1. The average molecular weight is 570 g/mol. The molecule has 1 aliphatic rings. The van der Waals surface area contributed by atoms with E-state index >= 15 is 0 Å². The van der Waals surface area contributed by atoms with E-state index < -0.39 is 22.9 Å². The third kappa shape index (κ3) is 7.43. The smallest absolute Gasteiger partial charge is 0.245 e. The molecule has 0 radical (unpaired) electrons. The first-order valence-corrected chi connectivity index (χ1v) is 14.5. The van der Waals surface area contributed by atoms with Gasteiger partial charge in [0.15, 0.2) is 0 Å². The number of hydrogen-bond donors (Lipinski definition) is 3. The Hall–Kier alpha value is -4.01. The molecule has 3 aromatic rings. The first-order chi connectivity index (χ1) is 20.0. The molecule has 8 nitrogen and oxygen atoms in total. The van der Waals surface area contributed by atoms with Gasteiger partial charge in [0.2, 0.25) is 17.7 Å². The minimum absolute atomic E-state index is 0.0634. The second-order valence-corrected chi connectivity index (χ2v) is 11.9. The molecule has 0 aliphatic carbocycles. The van der Waals surface area contributed by atoms with Crippen LogP contribution in [0.4, 0.5) is 0 Å². The fourth-order valence-corrected chi connectivity index (χ4v) is 5.62. The maximum Gasteiger partial charge on any atom is 0.245 e. The number of nitrogens with zero attached hydrogens (tertiary/aromatic N) is 2. The van der Waals surface area contributed by atoms with E-state index in [0.717, 1.165) is 22.3 Å². The molecule has 4 rings (SSSR count). The van der Waals surface area contributed by atoms with Crippen LogP contribution in [0.25, 0.3) is 11.1 Å². The molecule has 0 saturated carbocycles. The zero-order chi connectivity index (χ0) is 30.3. The van der Waals surface area contributed by atoms with Crippen molar-refractivity contribution in [3.8, 4) is 11.1 Å². The van der Waals surface area contributed by atoms with Crippen LogP contribution in [0.2, 0.25) is 0 Å². The maximum absolute atomic E-state index is 14.2. The van der Waals surface area contributed by atoms with Crippen LogP contribution in [0.15, 0.2) is 84.9 Å². The largest absolute Gasteiger partial charge is 0.342 e. The lowest BCUT2D eigenvalue weighted by Gasteiger charge is -2.44. The summed E-state index contributed by atoms with van der Waals surface area (Å²) in [5.41, 5.74) is 11.2. The van der Waals surface area contributed by atoms with Gasteiger partial charge in [-0.15, -0.1) is 0 Å². The molecule has 0 aromatic heterocycles. The summed E-state index contributed by atoms with van der Waals surface area (Å²) in [4.78, 5) is 42.7. The summed E-state index contributed by atoms with van der Waals surface area (Å²) in [7, 11) is 3.42. The summed E-state index contributed by atoms with van der Waals surface area (Å²) in [6.45, 7) is 4.02. The van der Waals surface area contributed by atoms with Crippen molar-refractivity contribution in [1.29, 1.82) is 0 Å². The lowest BCUT2D eigenvalue weighted by Crippen LogP contribution is -2.61. The number of hydrazine groups is 1. The predicted octanol–water partition coefficient (Wildman–Crippen LogP) is 3.56. The second-order valence-electron chi connectivity index (χ2n) is 11.9. The molecule has 0 spiro atoms. The number of nitrogens with two attached hydrogens (primary N) is 1. The van der Waals surface area contributed by atoms with Crippen molar-refractivity contribution in [2.45, 2.75) is 51.1 Å². The minimum Gasteiger partial charge on any atom is -0.342 e. The van der Waals surface area contributed by atoms with Crippen molar-refractivity contribution >= 4 is 17.7 Å². The van der Waals surface area contributed by atoms with Crippen molar-refractivity contribution < 1.29 is 14.4 Å². The van der Waals surface area contributed by atoms with Gasteiger partial charge in [-0.3, -0.25) is 19.4 Å². The van der Waals surface area contributed by atoms with E-state index in [-0.39, 0.29) is 18.4 Å². The normalized spacial score (nSPS) is 17.8. The lowest BCUT2D eigenvalue weighted by molar-refractivity contribution is -0.151. The molecular formula is C34H43N5O3. The Balaban J connectivity index is 1.61. The summed E-state index contributed by atoms with van der Waals surface area (Å²) in [6, 6.07) is 27.2. The lowest BCUT2D eigenvalue weighted by atomic mass is 9.74. The number of nitrogens with one attached hydrogen (secondary N) is 2. The van der Waals surface area contributed by atoms with Gasteiger partial charge in [0, 0.05) is 33.6 Å². The Labute approximate surface area is 249 Å². The fourth-order valence-electron chi connectivity index (χ4n) is 5.62. The van der Waals surface area contributed by atoms with E-state index in [0.29, 0.717) is 32.2 Å². The predicted molar refractivity (Wildman–Crippen MR) is 166 cm³/mol. The van der Waals surface area contributed by atoms with Crippen LogP contribution in [-0.4, -0.2) is 66.4 Å². The van der Waals surface area contributed by atoms with Gasteiger partial charge in [-0.2, -0.15) is 0 Å². The molecule has 4 N–H and O–H groups in total. The van der Waals surface area contributed by atoms with Crippen LogP contribution in [-0.2, 0) is 27.2 Å². The monoisotopic (exact) mass is 569 g/mol. The quantitative estimate of drug-likeness (QED) is 0.324. The molecule has 222 valence electrons. The summed E-state index contributed by atoms with van der Waals surface area (Å²) in [5.74, 6) is -0.677. The molecule has 1 heterocycles. The van der Waals surface area contributed by atoms with E-state index in [2.05, 4.69) is 22.9 Å². The number of piperidine rings is 1. The Morgan fingerprint density at radius 2 is 1.52 bits per heavy atom. The highest BCUT2D eigenvalue weighted by Crippen LogP contribution is 2.36. The highest BCUT2D eigenvalue weighted by Gasteiger charge is 2.46. The molecule has 1 aliphatic heterocycles. The standard InChI is InChI=1S/C34H43N5O3/c1-33(2,35)31(41)37-29(22-25-16-18-28(19-17-25)27-14-9-6-10-15-27)30(40)39-21-11-20-34(24-39,32(42)38(4)36-3)23-26-12-7-5-8-13-26/h5-10,12-19,29,36H,11,20-24,35H2,1-4H3,(H,37,41)/t29-,34?/m1/s1. The van der Waals surface area contributed by atoms with Crippen molar-refractivity contribution in [3.63, 3.8) is 0 Å². The van der Waals surface area contributed by atoms with Crippen molar-refractivity contribution in [2.24, 2.45) is 11.1 Å². The van der Waals surface area contributed by atoms with Crippen LogP contribution in [0.5, 0.6) is 0 Å². The molecule has 42 heavy (non-hydrogen) atoms. The molecule has 1 saturated heterocycles. The van der Waals surface area contributed by atoms with Crippen LogP contribution >= 0.6 is 0 Å². The maximum atomic E-state index is 14.2. The number of amides is 3. The second kappa shape index (κ2) is 13.3. The summed E-state index contributed by atoms with van der Waals surface area (Å²) in [6.07, 6.45) is 2.15. The number of carbonyl (C=O) groups is 3. The molecule has 3 aromatic carbocycles. The van der Waals surface area contributed by atoms with Gasteiger partial charge in [-0.1, -0.05) is 84.9 Å². The molecule has 0 bridgehead atoms. The van der Waals surface area contributed by atoms with Crippen molar-refractivity contribution in [3.05, 3.63) is 96.1 Å². The highest BCUT2D eigenvalue weighted by atomic mass is 16.2. The van der Waals surface area contributed by atoms with Gasteiger partial charge in [0.25, 0.3) is 0 Å². The third-order valence-electron chi connectivity index (χ3n) is 8.06. The number of benzene rings is 3. The Bertz CT molecular complexity index is 1360. The molecular weight excluding hydrogens is 526 g/mol. The highest BCUT2D eigenvalue weighted by molar-refractivity contribution is 5.92. The number of hydrogen-bond acceptors (Lipinski definition) is 5. The van der Waals surface area contributed by atoms with E-state index in [9.17, 15) is 14.4 Å². The van der Waals surface area contributed by atoms with Gasteiger partial charge in [-0.05, 0) is 55.4 Å². The van der Waals surface area contributed by atoms with Crippen molar-refractivity contribution in [1.82, 2.24) is 20.7 Å². The Kier molecular flexibility index (Phi) is 9.81. The minimum atomic E-state index is -1.15.